The molecule has 6 heteroatoms. The number of nitrogens with one attached hydrogen (secondary N) is 1. The van der Waals surface area contributed by atoms with E-state index in [1.165, 1.54) is 12.1 Å². The summed E-state index contributed by atoms with van der Waals surface area (Å²) in [6.07, 6.45) is 1.41. The third kappa shape index (κ3) is 3.61. The summed E-state index contributed by atoms with van der Waals surface area (Å²) >= 11 is 5.99. The predicted octanol–water partition coefficient (Wildman–Crippen LogP) is 3.09. The molecule has 19 heavy (non-hydrogen) atoms. The van der Waals surface area contributed by atoms with Gasteiger partial charge in [-0.05, 0) is 44.4 Å². The summed E-state index contributed by atoms with van der Waals surface area (Å²) in [7, 11) is -3.62. The molecule has 0 atom stereocenters. The van der Waals surface area contributed by atoms with Crippen molar-refractivity contribution >= 4 is 27.3 Å². The highest BCUT2D eigenvalue weighted by atomic mass is 35.5. The van der Waals surface area contributed by atoms with Crippen LogP contribution < -0.4 is 10.5 Å². The summed E-state index contributed by atoms with van der Waals surface area (Å²) in [5.74, 6) is 0. The second-order valence-electron chi connectivity index (χ2n) is 4.99. The first-order valence-corrected chi connectivity index (χ1v) is 8.11. The third-order valence-electron chi connectivity index (χ3n) is 3.61. The zero-order chi connectivity index (χ0) is 14.8. The quantitative estimate of drug-likeness (QED) is 0.821. The van der Waals surface area contributed by atoms with Gasteiger partial charge < -0.3 is 5.73 Å². The van der Waals surface area contributed by atoms with Crippen LogP contribution in [0.5, 0.6) is 0 Å². The molecule has 0 aliphatic carbocycles. The van der Waals surface area contributed by atoms with E-state index >= 15 is 0 Å². The summed E-state index contributed by atoms with van der Waals surface area (Å²) in [5, 5.41) is 0.357. The zero-order valence-corrected chi connectivity index (χ0v) is 13.3. The highest BCUT2D eigenvalue weighted by Crippen LogP contribution is 2.27. The first-order valence-electron chi connectivity index (χ1n) is 6.25. The summed E-state index contributed by atoms with van der Waals surface area (Å²) in [4.78, 5) is 0.105. The van der Waals surface area contributed by atoms with Crippen molar-refractivity contribution in [2.75, 3.05) is 5.73 Å². The molecule has 1 aromatic carbocycles. The molecular weight excluding hydrogens is 284 g/mol. The average molecular weight is 305 g/mol. The van der Waals surface area contributed by atoms with Crippen molar-refractivity contribution in [3.8, 4) is 0 Å². The average Bonchev–Trinajstić information content (AvgIpc) is 2.34. The normalized spacial score (nSPS) is 12.7. The fourth-order valence-corrected chi connectivity index (χ4v) is 3.51. The van der Waals surface area contributed by atoms with Crippen molar-refractivity contribution < 1.29 is 8.42 Å². The van der Waals surface area contributed by atoms with E-state index < -0.39 is 15.6 Å². The Balaban J connectivity index is 3.22. The van der Waals surface area contributed by atoms with Gasteiger partial charge >= 0.3 is 0 Å². The fourth-order valence-electron chi connectivity index (χ4n) is 1.61. The summed E-state index contributed by atoms with van der Waals surface area (Å²) in [5.41, 5.74) is 6.37. The van der Waals surface area contributed by atoms with E-state index in [0.29, 0.717) is 29.1 Å². The molecule has 4 nitrogen and oxygen atoms in total. The Morgan fingerprint density at radius 1 is 1.32 bits per heavy atom. The molecule has 0 fully saturated rings. The number of hydrogen-bond acceptors (Lipinski definition) is 3. The van der Waals surface area contributed by atoms with Crippen LogP contribution in [0, 0.1) is 6.92 Å². The Bertz CT molecular complexity index is 543. The molecule has 0 spiro atoms. The molecule has 1 aromatic rings. The molecule has 3 N–H and O–H groups in total. The fraction of sp³-hybridized carbons (Fsp3) is 0.538. The smallest absolute Gasteiger partial charge is 0.241 e. The minimum absolute atomic E-state index is 0.105. The largest absolute Gasteiger partial charge is 0.398 e. The lowest BCUT2D eigenvalue weighted by molar-refractivity contribution is 0.388. The highest BCUT2D eigenvalue weighted by Gasteiger charge is 2.28. The van der Waals surface area contributed by atoms with Gasteiger partial charge in [-0.25, -0.2) is 13.1 Å². The van der Waals surface area contributed by atoms with Crippen LogP contribution in [0.2, 0.25) is 5.02 Å². The molecule has 0 saturated heterocycles. The summed E-state index contributed by atoms with van der Waals surface area (Å²) in [6, 6.07) is 2.87. The Hall–Kier alpha value is -0.780. The molecule has 0 radical (unpaired) electrons. The van der Waals surface area contributed by atoms with Crippen LogP contribution >= 0.6 is 11.6 Å². The van der Waals surface area contributed by atoms with Crippen molar-refractivity contribution in [1.82, 2.24) is 4.72 Å². The van der Waals surface area contributed by atoms with Crippen molar-refractivity contribution in [3.05, 3.63) is 22.7 Å². The topological polar surface area (TPSA) is 72.2 Å². The number of nitrogen functional groups attached to an aromatic ring is 1. The van der Waals surface area contributed by atoms with E-state index in [4.69, 9.17) is 17.3 Å². The van der Waals surface area contributed by atoms with E-state index in [1.54, 1.807) is 6.92 Å². The Kier molecular flexibility index (Phi) is 4.87. The van der Waals surface area contributed by atoms with Crippen LogP contribution in [0.25, 0.3) is 0 Å². The number of nitrogens with two attached hydrogens (primary N) is 1. The van der Waals surface area contributed by atoms with Crippen LogP contribution in [0.1, 0.15) is 39.2 Å². The summed E-state index contributed by atoms with van der Waals surface area (Å²) < 4.78 is 27.4. The van der Waals surface area contributed by atoms with Gasteiger partial charge in [0.15, 0.2) is 0 Å². The lowest BCUT2D eigenvalue weighted by atomic mass is 9.98. The minimum atomic E-state index is -3.62. The zero-order valence-electron chi connectivity index (χ0n) is 11.7. The van der Waals surface area contributed by atoms with Crippen LogP contribution in [0.15, 0.2) is 17.0 Å². The van der Waals surface area contributed by atoms with E-state index in [-0.39, 0.29) is 4.90 Å². The van der Waals surface area contributed by atoms with Crippen LogP contribution in [-0.4, -0.2) is 14.0 Å². The molecular formula is C13H21ClN2O2S. The van der Waals surface area contributed by atoms with Gasteiger partial charge in [-0.3, -0.25) is 0 Å². The Morgan fingerprint density at radius 3 is 2.26 bits per heavy atom. The molecule has 0 bridgehead atoms. The number of anilines is 1. The van der Waals surface area contributed by atoms with Gasteiger partial charge in [-0.1, -0.05) is 25.4 Å². The number of hydrogen-bond donors (Lipinski definition) is 2. The highest BCUT2D eigenvalue weighted by molar-refractivity contribution is 7.89. The maximum atomic E-state index is 12.4. The van der Waals surface area contributed by atoms with Crippen molar-refractivity contribution in [2.45, 2.75) is 51.0 Å². The van der Waals surface area contributed by atoms with Gasteiger partial charge in [0, 0.05) is 16.2 Å². The lowest BCUT2D eigenvalue weighted by Gasteiger charge is -2.28. The van der Waals surface area contributed by atoms with Crippen LogP contribution in [0.4, 0.5) is 5.69 Å². The molecule has 0 heterocycles. The minimum Gasteiger partial charge on any atom is -0.398 e. The molecule has 0 amide bonds. The van der Waals surface area contributed by atoms with Crippen molar-refractivity contribution in [1.29, 1.82) is 0 Å². The molecule has 0 saturated carbocycles. The van der Waals surface area contributed by atoms with Gasteiger partial charge in [0.1, 0.15) is 0 Å². The molecule has 0 aliphatic rings. The lowest BCUT2D eigenvalue weighted by Crippen LogP contribution is -2.44. The predicted molar refractivity (Wildman–Crippen MR) is 79.9 cm³/mol. The molecule has 108 valence electrons. The monoisotopic (exact) mass is 304 g/mol. The van der Waals surface area contributed by atoms with Gasteiger partial charge in [0.05, 0.1) is 4.90 Å². The number of sulfonamides is 1. The second kappa shape index (κ2) is 5.69. The van der Waals surface area contributed by atoms with Crippen molar-refractivity contribution in [2.24, 2.45) is 0 Å². The number of halogens is 1. The Morgan fingerprint density at radius 2 is 1.84 bits per heavy atom. The van der Waals surface area contributed by atoms with Crippen LogP contribution in [0.3, 0.4) is 0 Å². The maximum Gasteiger partial charge on any atom is 0.241 e. The molecule has 1 rings (SSSR count). The van der Waals surface area contributed by atoms with Gasteiger partial charge in [0.25, 0.3) is 0 Å². The van der Waals surface area contributed by atoms with Crippen LogP contribution in [-0.2, 0) is 10.0 Å². The number of benzene rings is 1. The first kappa shape index (κ1) is 16.3. The van der Waals surface area contributed by atoms with Gasteiger partial charge in [0.2, 0.25) is 10.0 Å². The standard InChI is InChI=1S/C13H21ClN2O2S/c1-5-13(4,6-2)16-19(17,18)10-7-11(14)9(3)12(15)8-10/h7-8,16H,5-6,15H2,1-4H3. The van der Waals surface area contributed by atoms with E-state index in [2.05, 4.69) is 4.72 Å². The SMILES string of the molecule is CCC(C)(CC)NS(=O)(=O)c1cc(N)c(C)c(Cl)c1. The second-order valence-corrected chi connectivity index (χ2v) is 7.08. The van der Waals surface area contributed by atoms with Gasteiger partial charge in [-0.2, -0.15) is 0 Å². The molecule has 0 aromatic heterocycles. The van der Waals surface area contributed by atoms with E-state index in [9.17, 15) is 8.42 Å². The third-order valence-corrected chi connectivity index (χ3v) is 5.62. The molecule has 0 unspecified atom stereocenters. The van der Waals surface area contributed by atoms with Crippen molar-refractivity contribution in [3.63, 3.8) is 0 Å². The summed E-state index contributed by atoms with van der Waals surface area (Å²) in [6.45, 7) is 7.53. The van der Waals surface area contributed by atoms with E-state index in [1.807, 2.05) is 20.8 Å². The first-order chi connectivity index (χ1) is 8.65. The molecule has 0 aliphatic heterocycles. The Labute approximate surface area is 120 Å². The number of rotatable bonds is 5. The van der Waals surface area contributed by atoms with Gasteiger partial charge in [-0.15, -0.1) is 0 Å². The van der Waals surface area contributed by atoms with E-state index in [0.717, 1.165) is 0 Å². The maximum absolute atomic E-state index is 12.4.